The number of piperazine rings is 1. The Kier molecular flexibility index (Phi) is 5.88. The van der Waals surface area contributed by atoms with E-state index in [2.05, 4.69) is 5.32 Å². The molecule has 0 radical (unpaired) electrons. The SMILES string of the molecule is CCOC(=O)N1CCN(C(=O)c2ccc(/C=C3\Oc4ccccc4NC3=O)cc2)CC1. The number of carbonyl (C=O) groups excluding carboxylic acids is 3. The maximum absolute atomic E-state index is 12.8. The van der Waals surface area contributed by atoms with Crippen molar-refractivity contribution in [1.82, 2.24) is 9.80 Å². The average molecular weight is 421 g/mol. The topological polar surface area (TPSA) is 88.2 Å². The van der Waals surface area contributed by atoms with Crippen LogP contribution in [0.25, 0.3) is 6.08 Å². The highest BCUT2D eigenvalue weighted by atomic mass is 16.6. The first-order valence-corrected chi connectivity index (χ1v) is 10.2. The lowest BCUT2D eigenvalue weighted by Crippen LogP contribution is -2.50. The van der Waals surface area contributed by atoms with Crippen LogP contribution in [0.15, 0.2) is 54.3 Å². The van der Waals surface area contributed by atoms with E-state index in [1.165, 1.54) is 0 Å². The summed E-state index contributed by atoms with van der Waals surface area (Å²) in [4.78, 5) is 40.2. The fourth-order valence-electron chi connectivity index (χ4n) is 3.47. The van der Waals surface area contributed by atoms with E-state index in [0.29, 0.717) is 49.8 Å². The maximum Gasteiger partial charge on any atom is 0.409 e. The van der Waals surface area contributed by atoms with E-state index in [9.17, 15) is 14.4 Å². The van der Waals surface area contributed by atoms with Crippen molar-refractivity contribution in [3.8, 4) is 5.75 Å². The van der Waals surface area contributed by atoms with Gasteiger partial charge in [0.25, 0.3) is 11.8 Å². The van der Waals surface area contributed by atoms with Gasteiger partial charge in [-0.3, -0.25) is 9.59 Å². The second-order valence-corrected chi connectivity index (χ2v) is 7.16. The van der Waals surface area contributed by atoms with Crippen molar-refractivity contribution in [2.45, 2.75) is 6.92 Å². The molecule has 1 saturated heterocycles. The number of rotatable bonds is 3. The number of anilines is 1. The molecule has 0 bridgehead atoms. The zero-order valence-corrected chi connectivity index (χ0v) is 17.2. The molecule has 3 amide bonds. The Hall–Kier alpha value is -3.81. The first kappa shape index (κ1) is 20.5. The molecule has 2 aromatic carbocycles. The second-order valence-electron chi connectivity index (χ2n) is 7.16. The molecule has 1 fully saturated rings. The van der Waals surface area contributed by atoms with Gasteiger partial charge < -0.3 is 24.6 Å². The Morgan fingerprint density at radius 3 is 2.42 bits per heavy atom. The zero-order valence-electron chi connectivity index (χ0n) is 17.2. The van der Waals surface area contributed by atoms with Gasteiger partial charge in [-0.2, -0.15) is 0 Å². The summed E-state index contributed by atoms with van der Waals surface area (Å²) in [6.45, 7) is 3.90. The molecule has 2 aliphatic heterocycles. The highest BCUT2D eigenvalue weighted by Crippen LogP contribution is 2.30. The Bertz CT molecular complexity index is 1020. The molecule has 0 atom stereocenters. The number of amides is 3. The lowest BCUT2D eigenvalue weighted by Gasteiger charge is -2.34. The minimum Gasteiger partial charge on any atom is -0.450 e. The minimum atomic E-state index is -0.344. The van der Waals surface area contributed by atoms with Crippen LogP contribution < -0.4 is 10.1 Å². The number of hydrogen-bond donors (Lipinski definition) is 1. The predicted octanol–water partition coefficient (Wildman–Crippen LogP) is 2.97. The van der Waals surface area contributed by atoms with Crippen LogP contribution in [0, 0.1) is 0 Å². The Balaban J connectivity index is 1.40. The average Bonchev–Trinajstić information content (AvgIpc) is 2.80. The van der Waals surface area contributed by atoms with E-state index in [-0.39, 0.29) is 23.7 Å². The molecular formula is C23H23N3O5. The maximum atomic E-state index is 12.8. The molecular weight excluding hydrogens is 398 g/mol. The molecule has 0 aliphatic carbocycles. The second kappa shape index (κ2) is 8.91. The van der Waals surface area contributed by atoms with E-state index in [1.54, 1.807) is 59.2 Å². The number of nitrogens with one attached hydrogen (secondary N) is 1. The van der Waals surface area contributed by atoms with Crippen LogP contribution in [0.3, 0.4) is 0 Å². The first-order chi connectivity index (χ1) is 15.0. The normalized spacial score (nSPS) is 16.9. The van der Waals surface area contributed by atoms with Gasteiger partial charge in [-0.1, -0.05) is 24.3 Å². The predicted molar refractivity (Wildman–Crippen MR) is 115 cm³/mol. The summed E-state index contributed by atoms with van der Waals surface area (Å²) < 4.78 is 10.7. The lowest BCUT2D eigenvalue weighted by molar-refractivity contribution is -0.115. The van der Waals surface area contributed by atoms with Gasteiger partial charge in [0, 0.05) is 31.7 Å². The van der Waals surface area contributed by atoms with Crippen LogP contribution >= 0.6 is 0 Å². The summed E-state index contributed by atoms with van der Waals surface area (Å²) >= 11 is 0. The molecule has 4 rings (SSSR count). The van der Waals surface area contributed by atoms with E-state index >= 15 is 0 Å². The highest BCUT2D eigenvalue weighted by molar-refractivity contribution is 6.08. The van der Waals surface area contributed by atoms with Crippen molar-refractivity contribution in [3.63, 3.8) is 0 Å². The summed E-state index contributed by atoms with van der Waals surface area (Å²) in [5, 5.41) is 2.79. The molecule has 8 nitrogen and oxygen atoms in total. The van der Waals surface area contributed by atoms with Crippen molar-refractivity contribution in [2.75, 3.05) is 38.1 Å². The Morgan fingerprint density at radius 2 is 1.71 bits per heavy atom. The van der Waals surface area contributed by atoms with Gasteiger partial charge in [-0.05, 0) is 42.8 Å². The molecule has 0 spiro atoms. The van der Waals surface area contributed by atoms with Crippen molar-refractivity contribution >= 4 is 29.7 Å². The van der Waals surface area contributed by atoms with Crippen molar-refractivity contribution in [2.24, 2.45) is 0 Å². The monoisotopic (exact) mass is 421 g/mol. The van der Waals surface area contributed by atoms with Crippen molar-refractivity contribution in [3.05, 3.63) is 65.4 Å². The molecule has 8 heteroatoms. The van der Waals surface area contributed by atoms with Gasteiger partial charge in [0.15, 0.2) is 11.5 Å². The lowest BCUT2D eigenvalue weighted by atomic mass is 10.1. The molecule has 0 aromatic heterocycles. The van der Waals surface area contributed by atoms with E-state index in [4.69, 9.17) is 9.47 Å². The quantitative estimate of drug-likeness (QED) is 0.770. The van der Waals surface area contributed by atoms with E-state index in [0.717, 1.165) is 5.56 Å². The molecule has 2 aliphatic rings. The van der Waals surface area contributed by atoms with Gasteiger partial charge >= 0.3 is 6.09 Å². The molecule has 0 unspecified atom stereocenters. The molecule has 31 heavy (non-hydrogen) atoms. The summed E-state index contributed by atoms with van der Waals surface area (Å²) in [6, 6.07) is 14.2. The number of carbonyl (C=O) groups is 3. The summed E-state index contributed by atoms with van der Waals surface area (Å²) in [6.07, 6.45) is 1.29. The molecule has 2 aromatic rings. The molecule has 160 valence electrons. The largest absolute Gasteiger partial charge is 0.450 e. The van der Waals surface area contributed by atoms with Crippen LogP contribution in [0.1, 0.15) is 22.8 Å². The van der Waals surface area contributed by atoms with E-state index in [1.807, 2.05) is 12.1 Å². The van der Waals surface area contributed by atoms with Crippen molar-refractivity contribution < 1.29 is 23.9 Å². The minimum absolute atomic E-state index is 0.0942. The van der Waals surface area contributed by atoms with Gasteiger partial charge in [0.05, 0.1) is 12.3 Å². The van der Waals surface area contributed by atoms with E-state index < -0.39 is 0 Å². The van der Waals surface area contributed by atoms with Crippen molar-refractivity contribution in [1.29, 1.82) is 0 Å². The summed E-state index contributed by atoms with van der Waals surface area (Å²) in [5.41, 5.74) is 1.92. The number of para-hydroxylation sites is 2. The molecule has 2 heterocycles. The van der Waals surface area contributed by atoms with Gasteiger partial charge in [-0.25, -0.2) is 4.79 Å². The van der Waals surface area contributed by atoms with Crippen LogP contribution in [-0.2, 0) is 9.53 Å². The summed E-state index contributed by atoms with van der Waals surface area (Å²) in [7, 11) is 0. The molecule has 0 saturated carbocycles. The van der Waals surface area contributed by atoms with Gasteiger partial charge in [0.2, 0.25) is 0 Å². The fraction of sp³-hybridized carbons (Fsp3) is 0.261. The number of benzene rings is 2. The molecule has 1 N–H and O–H groups in total. The van der Waals surface area contributed by atoms with Gasteiger partial charge in [0.1, 0.15) is 0 Å². The Morgan fingerprint density at radius 1 is 1.03 bits per heavy atom. The van der Waals surface area contributed by atoms with Crippen LogP contribution in [0.5, 0.6) is 5.75 Å². The number of ether oxygens (including phenoxy) is 2. The number of fused-ring (bicyclic) bond motifs is 1. The van der Waals surface area contributed by atoms with Crippen LogP contribution in [0.2, 0.25) is 0 Å². The van der Waals surface area contributed by atoms with Gasteiger partial charge in [-0.15, -0.1) is 0 Å². The standard InChI is InChI=1S/C23H23N3O5/c1-2-30-23(29)26-13-11-25(12-14-26)22(28)17-9-7-16(8-10-17)15-20-21(27)24-18-5-3-4-6-19(18)31-20/h3-10,15H,2,11-14H2,1H3,(H,24,27)/b20-15-. The third-order valence-corrected chi connectivity index (χ3v) is 5.13. The third kappa shape index (κ3) is 4.53. The highest BCUT2D eigenvalue weighted by Gasteiger charge is 2.25. The number of nitrogens with zero attached hydrogens (tertiary/aromatic N) is 2. The third-order valence-electron chi connectivity index (χ3n) is 5.13. The zero-order chi connectivity index (χ0) is 21.8. The Labute approximate surface area is 180 Å². The number of hydrogen-bond acceptors (Lipinski definition) is 5. The van der Waals surface area contributed by atoms with Crippen LogP contribution in [-0.4, -0.2) is 60.5 Å². The smallest absolute Gasteiger partial charge is 0.409 e. The first-order valence-electron chi connectivity index (χ1n) is 10.2. The van der Waals surface area contributed by atoms with Crippen LogP contribution in [0.4, 0.5) is 10.5 Å². The fourth-order valence-corrected chi connectivity index (χ4v) is 3.47. The summed E-state index contributed by atoms with van der Waals surface area (Å²) in [5.74, 6) is 0.358.